The lowest BCUT2D eigenvalue weighted by Crippen LogP contribution is -2.50. The van der Waals surface area contributed by atoms with Crippen molar-refractivity contribution in [2.45, 2.75) is 79.1 Å². The molecule has 284 valence electrons. The molecule has 1 saturated heterocycles. The number of hydrogen-bond donors (Lipinski definition) is 2. The van der Waals surface area contributed by atoms with E-state index in [4.69, 9.17) is 24.1 Å². The third-order valence-corrected chi connectivity index (χ3v) is 6.64. The number of carboxylic acid groups (broad SMARTS) is 1. The lowest BCUT2D eigenvalue weighted by Gasteiger charge is -2.34. The van der Waals surface area contributed by atoms with E-state index in [0.717, 1.165) is 0 Å². The average Bonchev–Trinajstić information content (AvgIpc) is 2.90. The van der Waals surface area contributed by atoms with Crippen LogP contribution in [-0.4, -0.2) is 176 Å². The summed E-state index contributed by atoms with van der Waals surface area (Å²) in [5.74, 6) is -1.36. The van der Waals surface area contributed by atoms with Crippen molar-refractivity contribution < 1.29 is 52.8 Å². The third kappa shape index (κ3) is 24.7. The molecular formula is C33H61N5O11. The number of hydrogen-bond acceptors (Lipinski definition) is 14. The molecule has 0 aromatic carbocycles. The fourth-order valence-corrected chi connectivity index (χ4v) is 4.69. The maximum Gasteiger partial charge on any atom is 0.505 e. The summed E-state index contributed by atoms with van der Waals surface area (Å²) in [6, 6.07) is 0. The predicted molar refractivity (Wildman–Crippen MR) is 181 cm³/mol. The molecule has 1 rings (SSSR count). The second-order valence-electron chi connectivity index (χ2n) is 14.9. The first-order valence-corrected chi connectivity index (χ1v) is 16.9. The van der Waals surface area contributed by atoms with Crippen molar-refractivity contribution in [1.29, 1.82) is 0 Å². The molecule has 0 aromatic rings. The summed E-state index contributed by atoms with van der Waals surface area (Å²) in [5.41, 5.74) is -1.95. The molecule has 0 spiro atoms. The maximum atomic E-state index is 12.9. The van der Waals surface area contributed by atoms with Crippen LogP contribution < -0.4 is 5.32 Å². The first-order valence-electron chi connectivity index (χ1n) is 16.9. The van der Waals surface area contributed by atoms with E-state index in [2.05, 4.69) is 10.1 Å². The van der Waals surface area contributed by atoms with Crippen LogP contribution in [0.2, 0.25) is 0 Å². The standard InChI is InChI=1S/C33H61N5O11/c1-31(2,3)47-27(40)23-36-13-11-35(22-26(39)34-10-19-45-20-21-46-30(43)44)12-14-37(24-28(41)48-32(4,5)6)16-18-38(17-15-36)25-29(42)49-33(7,8)9/h10-25H2,1-9H3,(H,34,39)(H,43,44). The highest BCUT2D eigenvalue weighted by Gasteiger charge is 2.26. The molecule has 1 aliphatic heterocycles. The number of esters is 3. The molecular weight excluding hydrogens is 642 g/mol. The van der Waals surface area contributed by atoms with E-state index in [-0.39, 0.29) is 76.4 Å². The fourth-order valence-electron chi connectivity index (χ4n) is 4.69. The van der Waals surface area contributed by atoms with E-state index in [1.807, 2.05) is 81.9 Å². The van der Waals surface area contributed by atoms with Crippen LogP contribution in [0.15, 0.2) is 0 Å². The Bertz CT molecular complexity index is 1010. The number of amides is 1. The minimum absolute atomic E-state index is 0.0330. The van der Waals surface area contributed by atoms with Crippen molar-refractivity contribution in [1.82, 2.24) is 24.9 Å². The van der Waals surface area contributed by atoms with E-state index in [9.17, 15) is 24.0 Å². The molecule has 0 aromatic heterocycles. The summed E-state index contributed by atoms with van der Waals surface area (Å²) in [7, 11) is 0. The Morgan fingerprint density at radius 1 is 0.531 bits per heavy atom. The van der Waals surface area contributed by atoms with Gasteiger partial charge in [-0.1, -0.05) is 0 Å². The van der Waals surface area contributed by atoms with Gasteiger partial charge in [0.15, 0.2) is 0 Å². The molecule has 1 aliphatic rings. The zero-order valence-corrected chi connectivity index (χ0v) is 31.1. The molecule has 49 heavy (non-hydrogen) atoms. The van der Waals surface area contributed by atoms with Crippen molar-refractivity contribution in [2.24, 2.45) is 0 Å². The van der Waals surface area contributed by atoms with Crippen LogP contribution in [0.5, 0.6) is 0 Å². The molecule has 0 radical (unpaired) electrons. The molecule has 0 atom stereocenters. The van der Waals surface area contributed by atoms with Crippen LogP contribution in [0.25, 0.3) is 0 Å². The van der Waals surface area contributed by atoms with Gasteiger partial charge in [0.05, 0.1) is 39.4 Å². The number of carbonyl (C=O) groups is 5. The van der Waals surface area contributed by atoms with Gasteiger partial charge < -0.3 is 34.1 Å². The second-order valence-corrected chi connectivity index (χ2v) is 14.9. The minimum atomic E-state index is -1.38. The SMILES string of the molecule is CC(C)(C)OC(=O)CN1CCN(CC(=O)NCCOCCOC(=O)O)CCN(CC(=O)OC(C)(C)C)CCN(CC(=O)OC(C)(C)C)CC1. The molecule has 0 unspecified atom stereocenters. The van der Waals surface area contributed by atoms with Gasteiger partial charge in [-0.3, -0.25) is 38.8 Å². The largest absolute Gasteiger partial charge is 0.505 e. The van der Waals surface area contributed by atoms with Crippen molar-refractivity contribution in [2.75, 3.05) is 105 Å². The summed E-state index contributed by atoms with van der Waals surface area (Å²) in [4.78, 5) is 69.7. The Balaban J connectivity index is 3.10. The zero-order chi connectivity index (χ0) is 37.3. The number of nitrogens with one attached hydrogen (secondary N) is 1. The molecule has 0 saturated carbocycles. The predicted octanol–water partition coefficient (Wildman–Crippen LogP) is 1.06. The van der Waals surface area contributed by atoms with Crippen molar-refractivity contribution in [3.8, 4) is 0 Å². The van der Waals surface area contributed by atoms with Crippen LogP contribution in [-0.2, 0) is 42.9 Å². The molecule has 0 bridgehead atoms. The van der Waals surface area contributed by atoms with Gasteiger partial charge in [0.2, 0.25) is 5.91 Å². The number of carbonyl (C=O) groups excluding carboxylic acids is 4. The van der Waals surface area contributed by atoms with Gasteiger partial charge in [-0.2, -0.15) is 0 Å². The highest BCUT2D eigenvalue weighted by atomic mass is 16.7. The molecule has 1 amide bonds. The lowest BCUT2D eigenvalue weighted by molar-refractivity contribution is -0.158. The normalized spacial score (nSPS) is 16.9. The molecule has 1 heterocycles. The summed E-state index contributed by atoms with van der Waals surface area (Å²) in [6.45, 7) is 20.3. The molecule has 2 N–H and O–H groups in total. The Morgan fingerprint density at radius 2 is 0.857 bits per heavy atom. The number of ether oxygens (including phenoxy) is 5. The van der Waals surface area contributed by atoms with Crippen molar-refractivity contribution in [3.05, 3.63) is 0 Å². The van der Waals surface area contributed by atoms with Crippen LogP contribution >= 0.6 is 0 Å². The first kappa shape index (κ1) is 44.0. The van der Waals surface area contributed by atoms with E-state index >= 15 is 0 Å². The van der Waals surface area contributed by atoms with Gasteiger partial charge >= 0.3 is 24.1 Å². The van der Waals surface area contributed by atoms with Gasteiger partial charge in [0.1, 0.15) is 23.4 Å². The molecule has 16 nitrogen and oxygen atoms in total. The topological polar surface area (TPSA) is 177 Å². The maximum absolute atomic E-state index is 12.9. The Labute approximate surface area is 291 Å². The van der Waals surface area contributed by atoms with Gasteiger partial charge in [-0.25, -0.2) is 4.79 Å². The lowest BCUT2D eigenvalue weighted by atomic mass is 10.2. The quantitative estimate of drug-likeness (QED) is 0.149. The van der Waals surface area contributed by atoms with Crippen LogP contribution in [0.3, 0.4) is 0 Å². The summed E-state index contributed by atoms with van der Waals surface area (Å²) in [5, 5.41) is 11.3. The third-order valence-electron chi connectivity index (χ3n) is 6.64. The summed E-state index contributed by atoms with van der Waals surface area (Å²) in [6.07, 6.45) is -1.38. The summed E-state index contributed by atoms with van der Waals surface area (Å²) < 4.78 is 26.4. The van der Waals surface area contributed by atoms with E-state index in [1.54, 1.807) is 0 Å². The van der Waals surface area contributed by atoms with Gasteiger partial charge in [-0.05, 0) is 62.3 Å². The highest BCUT2D eigenvalue weighted by Crippen LogP contribution is 2.11. The van der Waals surface area contributed by atoms with Gasteiger partial charge in [0, 0.05) is 58.9 Å². The smallest absolute Gasteiger partial charge is 0.459 e. The fraction of sp³-hybridized carbons (Fsp3) is 0.848. The van der Waals surface area contributed by atoms with Crippen LogP contribution in [0.1, 0.15) is 62.3 Å². The second kappa shape index (κ2) is 21.2. The molecule has 16 heteroatoms. The highest BCUT2D eigenvalue weighted by molar-refractivity contribution is 5.78. The van der Waals surface area contributed by atoms with Crippen LogP contribution in [0.4, 0.5) is 4.79 Å². The monoisotopic (exact) mass is 703 g/mol. The van der Waals surface area contributed by atoms with Gasteiger partial charge in [-0.15, -0.1) is 0 Å². The number of rotatable bonds is 14. The van der Waals surface area contributed by atoms with Crippen molar-refractivity contribution >= 4 is 30.0 Å². The van der Waals surface area contributed by atoms with E-state index in [0.29, 0.717) is 52.4 Å². The van der Waals surface area contributed by atoms with Crippen LogP contribution in [0, 0.1) is 0 Å². The average molecular weight is 704 g/mol. The summed E-state index contributed by atoms with van der Waals surface area (Å²) >= 11 is 0. The number of nitrogens with zero attached hydrogens (tertiary/aromatic N) is 4. The Hall–Kier alpha value is -3.05. The minimum Gasteiger partial charge on any atom is -0.459 e. The Morgan fingerprint density at radius 3 is 1.16 bits per heavy atom. The Kier molecular flexibility index (Phi) is 19.1. The van der Waals surface area contributed by atoms with Gasteiger partial charge in [0.25, 0.3) is 0 Å². The molecule has 1 fully saturated rings. The van der Waals surface area contributed by atoms with E-state index < -0.39 is 23.0 Å². The van der Waals surface area contributed by atoms with Crippen molar-refractivity contribution in [3.63, 3.8) is 0 Å². The molecule has 0 aliphatic carbocycles. The first-order chi connectivity index (χ1) is 22.6. The van der Waals surface area contributed by atoms with E-state index in [1.165, 1.54) is 0 Å². The zero-order valence-electron chi connectivity index (χ0n) is 31.1.